The van der Waals surface area contributed by atoms with Crippen molar-refractivity contribution in [2.45, 2.75) is 99.7 Å². The van der Waals surface area contributed by atoms with Crippen molar-refractivity contribution < 1.29 is 4.48 Å². The van der Waals surface area contributed by atoms with E-state index in [1.165, 1.54) is 77.0 Å². The Balaban J connectivity index is 2.89. The van der Waals surface area contributed by atoms with Crippen LogP contribution in [-0.2, 0) is 0 Å². The molecule has 2 unspecified atom stereocenters. The maximum atomic E-state index is 6.80. The SMILES string of the molecule is C#CC[N+](CCCCCCCC)(CCCCCCCC)CC1(I)C(Cl)=CC(Cl)=CC1Cl. The smallest absolute Gasteiger partial charge is 0.140 e. The van der Waals surface area contributed by atoms with Gasteiger partial charge in [-0.1, -0.05) is 111 Å². The molecule has 31 heavy (non-hydrogen) atoms. The molecule has 0 radical (unpaired) electrons. The molecule has 0 bridgehead atoms. The molecule has 1 aliphatic rings. The topological polar surface area (TPSA) is 0 Å². The number of allylic oxidation sites excluding steroid dienone is 3. The van der Waals surface area contributed by atoms with Gasteiger partial charge in [-0.3, -0.25) is 0 Å². The van der Waals surface area contributed by atoms with Gasteiger partial charge in [-0.25, -0.2) is 0 Å². The van der Waals surface area contributed by atoms with Crippen LogP contribution in [0, 0.1) is 12.3 Å². The molecule has 0 spiro atoms. The van der Waals surface area contributed by atoms with E-state index in [2.05, 4.69) is 42.4 Å². The molecule has 0 heterocycles. The summed E-state index contributed by atoms with van der Waals surface area (Å²) in [5.41, 5.74) is 0. The second-order valence-electron chi connectivity index (χ2n) is 9.15. The van der Waals surface area contributed by atoms with Crippen LogP contribution in [-0.4, -0.2) is 39.5 Å². The van der Waals surface area contributed by atoms with E-state index < -0.39 is 0 Å². The summed E-state index contributed by atoms with van der Waals surface area (Å²) in [6.45, 7) is 8.31. The number of quaternary nitrogens is 1. The number of rotatable bonds is 17. The van der Waals surface area contributed by atoms with E-state index in [1.54, 1.807) is 0 Å². The van der Waals surface area contributed by atoms with Gasteiger partial charge in [-0.15, -0.1) is 18.0 Å². The first-order valence-corrected chi connectivity index (χ1v) is 14.5. The number of hydrogen-bond acceptors (Lipinski definition) is 0. The summed E-state index contributed by atoms with van der Waals surface area (Å²) in [5, 5.41) is 1.13. The Morgan fingerprint density at radius 2 is 1.42 bits per heavy atom. The molecule has 0 aliphatic heterocycles. The molecule has 1 rings (SSSR count). The Morgan fingerprint density at radius 1 is 0.935 bits per heavy atom. The highest BCUT2D eigenvalue weighted by Gasteiger charge is 2.47. The normalized spacial score (nSPS) is 21.5. The molecule has 0 N–H and O–H groups in total. The Hall–Kier alpha value is 0.600. The van der Waals surface area contributed by atoms with Crippen molar-refractivity contribution >= 4 is 57.4 Å². The average Bonchev–Trinajstić information content (AvgIpc) is 2.72. The standard InChI is InChI=1S/C26H42Cl3IN/c1-4-7-9-11-13-15-18-31(17-6-3,19-16-14-12-10-8-5-2)22-26(30)24(28)20-23(27)21-25(26)29/h3,20-21,24H,4-5,7-19,22H2,1-2H3/q+1. The molecule has 0 fully saturated rings. The highest BCUT2D eigenvalue weighted by Crippen LogP contribution is 2.44. The molecule has 0 amide bonds. The molecular weight excluding hydrogens is 560 g/mol. The molecule has 0 aromatic rings. The van der Waals surface area contributed by atoms with Crippen LogP contribution in [0.4, 0.5) is 0 Å². The second kappa shape index (κ2) is 16.3. The van der Waals surface area contributed by atoms with Crippen molar-refractivity contribution in [2.75, 3.05) is 26.2 Å². The first kappa shape index (κ1) is 29.6. The molecule has 178 valence electrons. The van der Waals surface area contributed by atoms with Gasteiger partial charge in [-0.2, -0.15) is 0 Å². The summed E-state index contributed by atoms with van der Waals surface area (Å²) in [6, 6.07) is 0. The van der Waals surface area contributed by atoms with E-state index in [0.29, 0.717) is 5.03 Å². The van der Waals surface area contributed by atoms with E-state index in [4.69, 9.17) is 41.2 Å². The van der Waals surface area contributed by atoms with Crippen molar-refractivity contribution in [2.24, 2.45) is 0 Å². The molecule has 0 saturated carbocycles. The number of unbranched alkanes of at least 4 members (excludes halogenated alkanes) is 10. The maximum absolute atomic E-state index is 6.80. The van der Waals surface area contributed by atoms with Gasteiger partial charge in [0.15, 0.2) is 0 Å². The second-order valence-corrected chi connectivity index (χ2v) is 12.4. The number of hydrogen-bond donors (Lipinski definition) is 0. The fourth-order valence-electron chi connectivity index (χ4n) is 4.48. The van der Waals surface area contributed by atoms with Gasteiger partial charge in [0.05, 0.1) is 18.5 Å². The lowest BCUT2D eigenvalue weighted by Crippen LogP contribution is -2.58. The molecular formula is C26H42Cl3IN+. The molecule has 2 atom stereocenters. The van der Waals surface area contributed by atoms with Crippen LogP contribution in [0.3, 0.4) is 0 Å². The lowest BCUT2D eigenvalue weighted by Gasteiger charge is -2.45. The monoisotopic (exact) mass is 600 g/mol. The lowest BCUT2D eigenvalue weighted by molar-refractivity contribution is -0.922. The third-order valence-corrected chi connectivity index (χ3v) is 9.83. The Morgan fingerprint density at radius 3 is 1.87 bits per heavy atom. The quantitative estimate of drug-likeness (QED) is 0.0513. The number of nitrogens with zero attached hydrogens (tertiary/aromatic N) is 1. The van der Waals surface area contributed by atoms with E-state index in [1.807, 2.05) is 12.2 Å². The van der Waals surface area contributed by atoms with E-state index >= 15 is 0 Å². The zero-order valence-corrected chi connectivity index (χ0v) is 24.0. The molecule has 1 nitrogen and oxygen atoms in total. The van der Waals surface area contributed by atoms with E-state index in [-0.39, 0.29) is 8.80 Å². The van der Waals surface area contributed by atoms with E-state index in [9.17, 15) is 0 Å². The van der Waals surface area contributed by atoms with Crippen molar-refractivity contribution in [1.82, 2.24) is 0 Å². The Bertz CT molecular complexity index is 594. The van der Waals surface area contributed by atoms with Crippen LogP contribution < -0.4 is 0 Å². The summed E-state index contributed by atoms with van der Waals surface area (Å²) < 4.78 is 0.528. The molecule has 1 aliphatic carbocycles. The fourth-order valence-corrected chi connectivity index (χ4v) is 6.56. The molecule has 0 aromatic carbocycles. The number of halogens is 4. The van der Waals surface area contributed by atoms with Gasteiger partial charge in [-0.05, 0) is 43.8 Å². The third kappa shape index (κ3) is 10.6. The van der Waals surface area contributed by atoms with Crippen LogP contribution in [0.1, 0.15) is 90.9 Å². The van der Waals surface area contributed by atoms with Gasteiger partial charge in [0.2, 0.25) is 0 Å². The minimum atomic E-state index is -0.374. The van der Waals surface area contributed by atoms with Gasteiger partial charge in [0, 0.05) is 10.1 Å². The molecule has 0 saturated heterocycles. The summed E-state index contributed by atoms with van der Waals surface area (Å²) in [6.07, 6.45) is 25.2. The number of terminal acetylenes is 1. The summed E-state index contributed by atoms with van der Waals surface area (Å²) >= 11 is 22.2. The predicted octanol–water partition coefficient (Wildman–Crippen LogP) is 9.20. The highest BCUT2D eigenvalue weighted by atomic mass is 127. The van der Waals surface area contributed by atoms with Crippen molar-refractivity contribution in [1.29, 1.82) is 0 Å². The van der Waals surface area contributed by atoms with Gasteiger partial charge < -0.3 is 4.48 Å². The van der Waals surface area contributed by atoms with Crippen LogP contribution in [0.2, 0.25) is 0 Å². The summed E-state index contributed by atoms with van der Waals surface area (Å²) in [7, 11) is 0. The largest absolute Gasteiger partial charge is 0.312 e. The van der Waals surface area contributed by atoms with Crippen molar-refractivity contribution in [3.05, 3.63) is 22.2 Å². The molecule has 5 heteroatoms. The van der Waals surface area contributed by atoms with Gasteiger partial charge in [0.25, 0.3) is 0 Å². The fraction of sp³-hybridized carbons (Fsp3) is 0.769. The van der Waals surface area contributed by atoms with Gasteiger partial charge >= 0.3 is 0 Å². The Kier molecular flexibility index (Phi) is 15.5. The van der Waals surface area contributed by atoms with Crippen LogP contribution in [0.15, 0.2) is 22.2 Å². The first-order valence-electron chi connectivity index (χ1n) is 12.2. The highest BCUT2D eigenvalue weighted by molar-refractivity contribution is 14.1. The third-order valence-electron chi connectivity index (χ3n) is 6.37. The van der Waals surface area contributed by atoms with Crippen LogP contribution in [0.5, 0.6) is 0 Å². The predicted molar refractivity (Wildman–Crippen MR) is 150 cm³/mol. The first-order chi connectivity index (χ1) is 14.8. The van der Waals surface area contributed by atoms with E-state index in [0.717, 1.165) is 35.7 Å². The lowest BCUT2D eigenvalue weighted by atomic mass is 9.96. The summed E-state index contributed by atoms with van der Waals surface area (Å²) in [5.74, 6) is 3.00. The number of alkyl halides is 2. The van der Waals surface area contributed by atoms with Crippen LogP contribution >= 0.6 is 57.4 Å². The van der Waals surface area contributed by atoms with Crippen molar-refractivity contribution in [3.63, 3.8) is 0 Å². The van der Waals surface area contributed by atoms with Crippen LogP contribution in [0.25, 0.3) is 0 Å². The zero-order valence-electron chi connectivity index (χ0n) is 19.6. The minimum absolute atomic E-state index is 0.234. The minimum Gasteiger partial charge on any atom is -0.312 e. The Labute approximate surface area is 221 Å². The summed E-state index contributed by atoms with van der Waals surface area (Å²) in [4.78, 5) is 0. The molecule has 0 aromatic heterocycles. The van der Waals surface area contributed by atoms with Gasteiger partial charge in [0.1, 0.15) is 16.5 Å². The average molecular weight is 602 g/mol. The zero-order chi connectivity index (χ0) is 23.2. The maximum Gasteiger partial charge on any atom is 0.140 e. The van der Waals surface area contributed by atoms with Crippen molar-refractivity contribution in [3.8, 4) is 12.3 Å².